The molecule has 0 saturated carbocycles. The fourth-order valence-electron chi connectivity index (χ4n) is 3.74. The molecule has 0 bridgehead atoms. The molecule has 0 radical (unpaired) electrons. The Morgan fingerprint density at radius 2 is 1.81 bits per heavy atom. The Labute approximate surface area is 190 Å². The van der Waals surface area contributed by atoms with E-state index in [4.69, 9.17) is 0 Å². The number of piperidine rings is 1. The molecule has 2 aliphatic rings. The van der Waals surface area contributed by atoms with Gasteiger partial charge in [-0.25, -0.2) is 13.4 Å². The zero-order valence-corrected chi connectivity index (χ0v) is 19.3. The Bertz CT molecular complexity index is 1030. The molecule has 0 aliphatic carbocycles. The van der Waals surface area contributed by atoms with Crippen LogP contribution in [-0.4, -0.2) is 72.1 Å². The number of aromatic nitrogens is 1. The summed E-state index contributed by atoms with van der Waals surface area (Å²) in [7, 11) is -3.68. The van der Waals surface area contributed by atoms with E-state index in [2.05, 4.69) is 10.3 Å². The van der Waals surface area contributed by atoms with Gasteiger partial charge in [0.25, 0.3) is 5.91 Å². The summed E-state index contributed by atoms with van der Waals surface area (Å²) in [6, 6.07) is 6.85. The van der Waals surface area contributed by atoms with Crippen LogP contribution in [0.25, 0.3) is 0 Å². The number of carbonyl (C=O) groups excluding carboxylic acids is 2. The number of carbonyl (C=O) groups is 2. The number of rotatable bonds is 5. The van der Waals surface area contributed by atoms with Gasteiger partial charge < -0.3 is 10.2 Å². The van der Waals surface area contributed by atoms with Crippen LogP contribution in [0.3, 0.4) is 0 Å². The van der Waals surface area contributed by atoms with Gasteiger partial charge in [0.15, 0.2) is 0 Å². The molecule has 31 heavy (non-hydrogen) atoms. The van der Waals surface area contributed by atoms with Crippen molar-refractivity contribution in [2.24, 2.45) is 5.92 Å². The summed E-state index contributed by atoms with van der Waals surface area (Å²) in [6.45, 7) is 1.76. The van der Waals surface area contributed by atoms with Gasteiger partial charge in [0.2, 0.25) is 15.9 Å². The predicted molar refractivity (Wildman–Crippen MR) is 122 cm³/mol. The van der Waals surface area contributed by atoms with Crippen molar-refractivity contribution in [3.63, 3.8) is 0 Å². The zero-order valence-electron chi connectivity index (χ0n) is 16.9. The average molecular weight is 481 g/mol. The minimum absolute atomic E-state index is 0.101. The first-order chi connectivity index (χ1) is 15.0. The predicted octanol–water partition coefficient (Wildman–Crippen LogP) is 2.37. The van der Waals surface area contributed by atoms with Crippen molar-refractivity contribution in [1.82, 2.24) is 14.2 Å². The SMILES string of the molecule is O=C(Nc1ccccn1)C1CCN(C(=O)c2sccc2S(=O)(=O)N2CCSCC2)CC1. The molecule has 2 fully saturated rings. The molecule has 2 amide bonds. The standard InChI is InChI=1S/C20H24N4O4S3/c25-19(22-17-3-1-2-7-21-17)15-4-8-23(9-5-15)20(26)18-16(6-12-30-18)31(27,28)24-10-13-29-14-11-24/h1-3,6-7,12,15H,4-5,8-11,13-14H2,(H,21,22,25). The number of thioether (sulfide) groups is 1. The summed E-state index contributed by atoms with van der Waals surface area (Å²) in [5.41, 5.74) is 0. The van der Waals surface area contributed by atoms with Crippen LogP contribution in [-0.2, 0) is 14.8 Å². The number of pyridine rings is 1. The van der Waals surface area contributed by atoms with Crippen LogP contribution in [0.15, 0.2) is 40.7 Å². The van der Waals surface area contributed by atoms with Gasteiger partial charge in [0, 0.05) is 49.8 Å². The molecule has 2 aromatic heterocycles. The van der Waals surface area contributed by atoms with Crippen molar-refractivity contribution in [2.45, 2.75) is 17.7 Å². The molecule has 2 aliphatic heterocycles. The highest BCUT2D eigenvalue weighted by Crippen LogP contribution is 2.29. The number of hydrogen-bond donors (Lipinski definition) is 1. The quantitative estimate of drug-likeness (QED) is 0.705. The summed E-state index contributed by atoms with van der Waals surface area (Å²) in [4.78, 5) is 31.7. The lowest BCUT2D eigenvalue weighted by Gasteiger charge is -2.31. The molecule has 11 heteroatoms. The topological polar surface area (TPSA) is 99.7 Å². The number of thiophene rings is 1. The number of sulfonamides is 1. The maximum Gasteiger partial charge on any atom is 0.265 e. The van der Waals surface area contributed by atoms with Crippen molar-refractivity contribution in [3.8, 4) is 0 Å². The van der Waals surface area contributed by atoms with Crippen LogP contribution in [0.4, 0.5) is 5.82 Å². The van der Waals surface area contributed by atoms with Gasteiger partial charge in [-0.1, -0.05) is 6.07 Å². The molecule has 2 saturated heterocycles. The maximum absolute atomic E-state index is 13.1. The molecular formula is C20H24N4O4S3. The number of nitrogens with zero attached hydrogens (tertiary/aromatic N) is 3. The summed E-state index contributed by atoms with van der Waals surface area (Å²) in [5, 5.41) is 4.47. The van der Waals surface area contributed by atoms with Crippen LogP contribution >= 0.6 is 23.1 Å². The normalized spacial score (nSPS) is 18.6. The molecule has 0 atom stereocenters. The van der Waals surface area contributed by atoms with E-state index in [-0.39, 0.29) is 27.5 Å². The fraction of sp³-hybridized carbons (Fsp3) is 0.450. The van der Waals surface area contributed by atoms with Crippen LogP contribution in [0.5, 0.6) is 0 Å². The largest absolute Gasteiger partial charge is 0.338 e. The van der Waals surface area contributed by atoms with Gasteiger partial charge in [-0.3, -0.25) is 9.59 Å². The van der Waals surface area contributed by atoms with Gasteiger partial charge in [0.1, 0.15) is 15.6 Å². The third-order valence-corrected chi connectivity index (χ3v) is 9.40. The summed E-state index contributed by atoms with van der Waals surface area (Å²) in [6.07, 6.45) is 2.68. The van der Waals surface area contributed by atoms with Crippen LogP contribution in [0.2, 0.25) is 0 Å². The van der Waals surface area contributed by atoms with E-state index in [9.17, 15) is 18.0 Å². The Kier molecular flexibility index (Phi) is 6.95. The Morgan fingerprint density at radius 3 is 2.48 bits per heavy atom. The third-order valence-electron chi connectivity index (χ3n) is 5.48. The molecule has 2 aromatic rings. The number of anilines is 1. The fourth-order valence-corrected chi connectivity index (χ4v) is 7.67. The van der Waals surface area contributed by atoms with Crippen molar-refractivity contribution in [1.29, 1.82) is 0 Å². The minimum Gasteiger partial charge on any atom is -0.338 e. The second-order valence-corrected chi connectivity index (χ2v) is 11.4. The average Bonchev–Trinajstić information content (AvgIpc) is 3.31. The van der Waals surface area contributed by atoms with E-state index in [0.29, 0.717) is 44.8 Å². The van der Waals surface area contributed by atoms with Gasteiger partial charge in [-0.15, -0.1) is 11.3 Å². The minimum atomic E-state index is -3.68. The first kappa shape index (κ1) is 22.3. The smallest absolute Gasteiger partial charge is 0.265 e. The first-order valence-corrected chi connectivity index (χ1v) is 13.6. The molecule has 4 heterocycles. The number of nitrogens with one attached hydrogen (secondary N) is 1. The highest BCUT2D eigenvalue weighted by molar-refractivity contribution is 7.99. The van der Waals surface area contributed by atoms with E-state index in [1.54, 1.807) is 46.4 Å². The molecule has 166 valence electrons. The van der Waals surface area contributed by atoms with E-state index in [1.807, 2.05) is 0 Å². The maximum atomic E-state index is 13.1. The molecule has 0 unspecified atom stereocenters. The lowest BCUT2D eigenvalue weighted by Crippen LogP contribution is -2.42. The van der Waals surface area contributed by atoms with Crippen LogP contribution < -0.4 is 5.32 Å². The van der Waals surface area contributed by atoms with Gasteiger partial charge >= 0.3 is 0 Å². The Balaban J connectivity index is 1.39. The molecule has 0 spiro atoms. The Morgan fingerprint density at radius 1 is 1.06 bits per heavy atom. The van der Waals surface area contributed by atoms with Crippen molar-refractivity contribution < 1.29 is 18.0 Å². The monoisotopic (exact) mass is 480 g/mol. The molecule has 8 nitrogen and oxygen atoms in total. The Hall–Kier alpha value is -1.95. The van der Waals surface area contributed by atoms with E-state index in [1.165, 1.54) is 10.4 Å². The molecule has 0 aromatic carbocycles. The van der Waals surface area contributed by atoms with Gasteiger partial charge in [0.05, 0.1) is 0 Å². The van der Waals surface area contributed by atoms with Crippen molar-refractivity contribution in [3.05, 3.63) is 40.7 Å². The summed E-state index contributed by atoms with van der Waals surface area (Å²) in [5.74, 6) is 1.46. The zero-order chi connectivity index (χ0) is 21.8. The van der Waals surface area contributed by atoms with E-state index < -0.39 is 10.0 Å². The van der Waals surface area contributed by atoms with Gasteiger partial charge in [-0.05, 0) is 36.4 Å². The molecular weight excluding hydrogens is 456 g/mol. The van der Waals surface area contributed by atoms with E-state index >= 15 is 0 Å². The lowest BCUT2D eigenvalue weighted by atomic mass is 9.96. The summed E-state index contributed by atoms with van der Waals surface area (Å²) >= 11 is 2.89. The second-order valence-electron chi connectivity index (χ2n) is 7.40. The van der Waals surface area contributed by atoms with Gasteiger partial charge in [-0.2, -0.15) is 16.1 Å². The first-order valence-electron chi connectivity index (χ1n) is 10.1. The van der Waals surface area contributed by atoms with Crippen molar-refractivity contribution in [2.75, 3.05) is 43.0 Å². The van der Waals surface area contributed by atoms with Crippen molar-refractivity contribution >= 4 is 50.8 Å². The molecule has 4 rings (SSSR count). The number of amides is 2. The highest BCUT2D eigenvalue weighted by Gasteiger charge is 2.34. The number of likely N-dealkylation sites (tertiary alicyclic amines) is 1. The molecule has 1 N–H and O–H groups in total. The lowest BCUT2D eigenvalue weighted by molar-refractivity contribution is -0.121. The van der Waals surface area contributed by atoms with Crippen LogP contribution in [0.1, 0.15) is 22.5 Å². The summed E-state index contributed by atoms with van der Waals surface area (Å²) < 4.78 is 27.6. The van der Waals surface area contributed by atoms with Crippen LogP contribution in [0, 0.1) is 5.92 Å². The number of hydrogen-bond acceptors (Lipinski definition) is 7. The second kappa shape index (κ2) is 9.68. The highest BCUT2D eigenvalue weighted by atomic mass is 32.2. The van der Waals surface area contributed by atoms with E-state index in [0.717, 1.165) is 22.8 Å². The third kappa shape index (κ3) is 4.94.